The Kier molecular flexibility index (Phi) is 4.52. The molecule has 0 radical (unpaired) electrons. The van der Waals surface area contributed by atoms with Gasteiger partial charge in [0.1, 0.15) is 11.6 Å². The van der Waals surface area contributed by atoms with Gasteiger partial charge in [-0.25, -0.2) is 4.39 Å². The van der Waals surface area contributed by atoms with E-state index in [1.807, 2.05) is 6.92 Å². The van der Waals surface area contributed by atoms with Gasteiger partial charge in [0.05, 0.1) is 17.2 Å². The van der Waals surface area contributed by atoms with Crippen LogP contribution in [0.25, 0.3) is 0 Å². The van der Waals surface area contributed by atoms with Gasteiger partial charge < -0.3 is 10.1 Å². The van der Waals surface area contributed by atoms with E-state index >= 15 is 0 Å². The monoisotopic (exact) mass is 296 g/mol. The molecule has 0 saturated heterocycles. The van der Waals surface area contributed by atoms with Gasteiger partial charge in [0.25, 0.3) is 0 Å². The lowest BCUT2D eigenvalue weighted by Gasteiger charge is -2.11. The van der Waals surface area contributed by atoms with Crippen LogP contribution in [0.1, 0.15) is 12.5 Å². The number of benzene rings is 1. The summed E-state index contributed by atoms with van der Waals surface area (Å²) in [6.07, 6.45) is 0. The van der Waals surface area contributed by atoms with Gasteiger partial charge in [-0.1, -0.05) is 11.3 Å². The second-order valence-corrected chi connectivity index (χ2v) is 4.87. The number of ether oxygens (including phenoxy) is 1. The maximum Gasteiger partial charge on any atom is 0.324 e. The van der Waals surface area contributed by atoms with Gasteiger partial charge in [-0.3, -0.25) is 10.1 Å². The van der Waals surface area contributed by atoms with Crippen molar-refractivity contribution in [1.29, 1.82) is 0 Å². The summed E-state index contributed by atoms with van der Waals surface area (Å²) in [4.78, 5) is 10.2. The minimum Gasteiger partial charge on any atom is -0.492 e. The van der Waals surface area contributed by atoms with Crippen molar-refractivity contribution in [3.63, 3.8) is 0 Å². The van der Waals surface area contributed by atoms with Crippen LogP contribution in [0.5, 0.6) is 5.75 Å². The van der Waals surface area contributed by atoms with Crippen LogP contribution in [0.2, 0.25) is 0 Å². The second kappa shape index (κ2) is 6.33. The van der Waals surface area contributed by atoms with Gasteiger partial charge in [0.15, 0.2) is 0 Å². The van der Waals surface area contributed by atoms with E-state index in [-0.39, 0.29) is 10.8 Å². The molecule has 0 saturated carbocycles. The van der Waals surface area contributed by atoms with Crippen LogP contribution >= 0.6 is 11.3 Å². The maximum absolute atomic E-state index is 13.1. The summed E-state index contributed by atoms with van der Waals surface area (Å²) in [6, 6.07) is 5.74. The van der Waals surface area contributed by atoms with Crippen LogP contribution in [0, 0.1) is 15.9 Å². The zero-order valence-electron chi connectivity index (χ0n) is 10.8. The van der Waals surface area contributed by atoms with E-state index in [1.54, 1.807) is 11.4 Å². The Morgan fingerprint density at radius 3 is 2.90 bits per heavy atom. The van der Waals surface area contributed by atoms with E-state index in [4.69, 9.17) is 4.74 Å². The molecule has 1 heterocycles. The van der Waals surface area contributed by atoms with E-state index in [0.29, 0.717) is 24.6 Å². The van der Waals surface area contributed by atoms with Crippen molar-refractivity contribution < 1.29 is 14.1 Å². The van der Waals surface area contributed by atoms with Crippen LogP contribution in [0.3, 0.4) is 0 Å². The van der Waals surface area contributed by atoms with Crippen molar-refractivity contribution >= 4 is 22.0 Å². The first-order valence-electron chi connectivity index (χ1n) is 5.98. The highest BCUT2D eigenvalue weighted by atomic mass is 32.1. The summed E-state index contributed by atoms with van der Waals surface area (Å²) in [5, 5.41) is 15.5. The average Bonchev–Trinajstić information content (AvgIpc) is 2.87. The molecule has 0 aliphatic rings. The molecular weight excluding hydrogens is 283 g/mol. The quantitative estimate of drug-likeness (QED) is 0.650. The molecule has 0 amide bonds. The Morgan fingerprint density at radius 1 is 1.45 bits per heavy atom. The molecule has 0 bridgehead atoms. The molecule has 0 aliphatic heterocycles. The molecule has 1 aromatic carbocycles. The van der Waals surface area contributed by atoms with Crippen molar-refractivity contribution in [2.45, 2.75) is 13.5 Å². The lowest BCUT2D eigenvalue weighted by molar-refractivity contribution is -0.380. The Hall–Kier alpha value is -2.15. The van der Waals surface area contributed by atoms with Gasteiger partial charge in [-0.05, 0) is 24.6 Å². The fourth-order valence-electron chi connectivity index (χ4n) is 1.67. The van der Waals surface area contributed by atoms with E-state index in [0.717, 1.165) is 16.9 Å². The topological polar surface area (TPSA) is 64.4 Å². The minimum absolute atomic E-state index is 0.103. The molecular formula is C13H13FN2O3S. The lowest BCUT2D eigenvalue weighted by Crippen LogP contribution is -2.02. The number of thiophene rings is 1. The Morgan fingerprint density at radius 2 is 2.25 bits per heavy atom. The highest BCUT2D eigenvalue weighted by Gasteiger charge is 2.10. The number of nitro groups is 1. The zero-order valence-corrected chi connectivity index (χ0v) is 11.6. The molecule has 2 rings (SSSR count). The highest BCUT2D eigenvalue weighted by molar-refractivity contribution is 7.13. The van der Waals surface area contributed by atoms with Crippen LogP contribution < -0.4 is 10.1 Å². The number of anilines is 1. The molecule has 0 unspecified atom stereocenters. The van der Waals surface area contributed by atoms with Crippen molar-refractivity contribution in [3.8, 4) is 5.75 Å². The van der Waals surface area contributed by atoms with Gasteiger partial charge in [-0.15, -0.1) is 0 Å². The van der Waals surface area contributed by atoms with Crippen LogP contribution in [0.4, 0.5) is 15.1 Å². The van der Waals surface area contributed by atoms with E-state index in [2.05, 4.69) is 5.32 Å². The molecule has 2 aromatic rings. The second-order valence-electron chi connectivity index (χ2n) is 3.98. The largest absolute Gasteiger partial charge is 0.492 e. The molecule has 20 heavy (non-hydrogen) atoms. The van der Waals surface area contributed by atoms with Crippen molar-refractivity contribution in [2.24, 2.45) is 0 Å². The number of nitrogens with one attached hydrogen (secondary N) is 1. The highest BCUT2D eigenvalue weighted by Crippen LogP contribution is 2.27. The van der Waals surface area contributed by atoms with Gasteiger partial charge in [0, 0.05) is 24.1 Å². The molecule has 0 atom stereocenters. The predicted molar refractivity (Wildman–Crippen MR) is 75.9 cm³/mol. The summed E-state index contributed by atoms with van der Waals surface area (Å²) in [6.45, 7) is 2.66. The van der Waals surface area contributed by atoms with Gasteiger partial charge in [-0.2, -0.15) is 0 Å². The summed E-state index contributed by atoms with van der Waals surface area (Å²) in [7, 11) is 0. The van der Waals surface area contributed by atoms with Crippen molar-refractivity contribution in [3.05, 3.63) is 51.1 Å². The number of hydrogen-bond acceptors (Lipinski definition) is 5. The van der Waals surface area contributed by atoms with E-state index < -0.39 is 4.92 Å². The first-order chi connectivity index (χ1) is 9.60. The standard InChI is InChI=1S/C13H13FN2O3S/c1-2-19-12-6-10(14)3-4-11(12)15-7-9-5-13(16(17)18)20-8-9/h3-6,8,15H,2,7H2,1H3. The number of halogens is 1. The summed E-state index contributed by atoms with van der Waals surface area (Å²) in [5.41, 5.74) is 1.45. The van der Waals surface area contributed by atoms with Crippen molar-refractivity contribution in [1.82, 2.24) is 0 Å². The summed E-state index contributed by atoms with van der Waals surface area (Å²) in [5.74, 6) is 0.0578. The molecule has 5 nitrogen and oxygen atoms in total. The lowest BCUT2D eigenvalue weighted by atomic mass is 10.2. The van der Waals surface area contributed by atoms with Crippen LogP contribution in [-0.2, 0) is 6.54 Å². The normalized spacial score (nSPS) is 10.3. The average molecular weight is 296 g/mol. The fraction of sp³-hybridized carbons (Fsp3) is 0.231. The molecule has 7 heteroatoms. The Balaban J connectivity index is 2.07. The molecule has 0 aliphatic carbocycles. The zero-order chi connectivity index (χ0) is 14.5. The van der Waals surface area contributed by atoms with Crippen LogP contribution in [-0.4, -0.2) is 11.5 Å². The number of rotatable bonds is 6. The predicted octanol–water partition coefficient (Wildman–Crippen LogP) is 3.81. The molecule has 1 N–H and O–H groups in total. The van der Waals surface area contributed by atoms with Gasteiger partial charge in [0.2, 0.25) is 0 Å². The van der Waals surface area contributed by atoms with Crippen molar-refractivity contribution in [2.75, 3.05) is 11.9 Å². The third-order valence-corrected chi connectivity index (χ3v) is 3.48. The van der Waals surface area contributed by atoms with E-state index in [9.17, 15) is 14.5 Å². The molecule has 0 spiro atoms. The first-order valence-corrected chi connectivity index (χ1v) is 6.86. The Labute approximate surface area is 119 Å². The van der Waals surface area contributed by atoms with E-state index in [1.165, 1.54) is 18.2 Å². The smallest absolute Gasteiger partial charge is 0.324 e. The third kappa shape index (κ3) is 3.45. The van der Waals surface area contributed by atoms with Gasteiger partial charge >= 0.3 is 5.00 Å². The maximum atomic E-state index is 13.1. The van der Waals surface area contributed by atoms with Crippen LogP contribution in [0.15, 0.2) is 29.6 Å². The summed E-state index contributed by atoms with van der Waals surface area (Å²) < 4.78 is 18.5. The minimum atomic E-state index is -0.419. The number of hydrogen-bond donors (Lipinski definition) is 1. The first kappa shape index (κ1) is 14.3. The SMILES string of the molecule is CCOc1cc(F)ccc1NCc1csc([N+](=O)[O-])c1. The molecule has 0 fully saturated rings. The fourth-order valence-corrected chi connectivity index (χ4v) is 2.39. The number of nitrogens with zero attached hydrogens (tertiary/aromatic N) is 1. The molecule has 106 valence electrons. The molecule has 1 aromatic heterocycles. The summed E-state index contributed by atoms with van der Waals surface area (Å²) >= 11 is 1.08. The Bertz CT molecular complexity index is 615. The third-order valence-electron chi connectivity index (χ3n) is 2.55.